The van der Waals surface area contributed by atoms with E-state index in [9.17, 15) is 0 Å². The molecule has 0 radical (unpaired) electrons. The fraction of sp³-hybridized carbons (Fsp3) is 0.583. The fourth-order valence-corrected chi connectivity index (χ4v) is 0.313. The van der Waals surface area contributed by atoms with Gasteiger partial charge in [0.15, 0.2) is 0 Å². The van der Waals surface area contributed by atoms with Crippen LogP contribution in [-0.2, 0) is 0 Å². The molecule has 0 N–H and O–H groups in total. The van der Waals surface area contributed by atoms with Crippen LogP contribution >= 0.6 is 0 Å². The van der Waals surface area contributed by atoms with Crippen LogP contribution in [0.15, 0.2) is 30.6 Å². The van der Waals surface area contributed by atoms with Crippen molar-refractivity contribution in [2.75, 3.05) is 0 Å². The van der Waals surface area contributed by atoms with E-state index < -0.39 is 0 Å². The summed E-state index contributed by atoms with van der Waals surface area (Å²) >= 11 is 0. The van der Waals surface area contributed by atoms with Gasteiger partial charge >= 0.3 is 0 Å². The summed E-state index contributed by atoms with van der Waals surface area (Å²) in [5.41, 5.74) is 0. The number of hydrogen-bond acceptors (Lipinski definition) is 1. The second-order valence-electron chi connectivity index (χ2n) is 2.83. The summed E-state index contributed by atoms with van der Waals surface area (Å²) in [6.45, 7) is 10.6. The lowest BCUT2D eigenvalue weighted by Crippen LogP contribution is -1.77. The summed E-state index contributed by atoms with van der Waals surface area (Å²) < 4.78 is 0. The van der Waals surface area contributed by atoms with Gasteiger partial charge in [-0.3, -0.25) is 4.98 Å². The van der Waals surface area contributed by atoms with Crippen molar-refractivity contribution in [1.29, 1.82) is 0 Å². The van der Waals surface area contributed by atoms with Gasteiger partial charge in [-0.2, -0.15) is 0 Å². The average molecular weight is 181 g/mol. The summed E-state index contributed by atoms with van der Waals surface area (Å²) in [4.78, 5) is 3.78. The van der Waals surface area contributed by atoms with Gasteiger partial charge < -0.3 is 0 Å². The molecule has 1 aromatic heterocycles. The molecule has 0 atom stereocenters. The van der Waals surface area contributed by atoms with Crippen molar-refractivity contribution in [3.63, 3.8) is 0 Å². The Morgan fingerprint density at radius 2 is 1.38 bits per heavy atom. The maximum Gasteiger partial charge on any atom is 0.0267 e. The van der Waals surface area contributed by atoms with Crippen molar-refractivity contribution >= 4 is 0 Å². The van der Waals surface area contributed by atoms with Crippen LogP contribution in [0.5, 0.6) is 0 Å². The Hall–Kier alpha value is -0.850. The first-order chi connectivity index (χ1) is 6.27. The minimum Gasteiger partial charge on any atom is -0.265 e. The topological polar surface area (TPSA) is 12.9 Å². The van der Waals surface area contributed by atoms with Gasteiger partial charge in [-0.05, 0) is 18.1 Å². The average Bonchev–Trinajstić information content (AvgIpc) is 2.24. The van der Waals surface area contributed by atoms with Gasteiger partial charge in [0.2, 0.25) is 0 Å². The van der Waals surface area contributed by atoms with Gasteiger partial charge in [0.05, 0.1) is 0 Å². The zero-order chi connectivity index (χ0) is 10.5. The van der Waals surface area contributed by atoms with Crippen LogP contribution < -0.4 is 0 Å². The first-order valence-corrected chi connectivity index (χ1v) is 5.12. The smallest absolute Gasteiger partial charge is 0.0267 e. The number of pyridine rings is 1. The highest BCUT2D eigenvalue weighted by atomic mass is 14.6. The maximum absolute atomic E-state index is 3.78. The molecule has 0 unspecified atom stereocenters. The van der Waals surface area contributed by atoms with Gasteiger partial charge in [-0.15, -0.1) is 0 Å². The van der Waals surface area contributed by atoms with E-state index in [2.05, 4.69) is 25.8 Å². The molecule has 0 bridgehead atoms. The van der Waals surface area contributed by atoms with Crippen molar-refractivity contribution in [3.05, 3.63) is 30.6 Å². The molecule has 0 aliphatic rings. The molecule has 0 saturated carbocycles. The minimum atomic E-state index is 0.884. The number of aromatic nitrogens is 1. The Bertz CT molecular complexity index is 120. The Morgan fingerprint density at radius 3 is 1.46 bits per heavy atom. The van der Waals surface area contributed by atoms with Gasteiger partial charge in [0.25, 0.3) is 0 Å². The molecule has 0 saturated heterocycles. The van der Waals surface area contributed by atoms with E-state index in [4.69, 9.17) is 0 Å². The molecule has 1 nitrogen and oxygen atoms in total. The van der Waals surface area contributed by atoms with E-state index in [-0.39, 0.29) is 0 Å². The van der Waals surface area contributed by atoms with Crippen LogP contribution in [0.2, 0.25) is 0 Å². The third-order valence-corrected chi connectivity index (χ3v) is 1.38. The van der Waals surface area contributed by atoms with E-state index in [0.717, 1.165) is 5.92 Å². The van der Waals surface area contributed by atoms with Gasteiger partial charge in [-0.1, -0.05) is 47.1 Å². The predicted octanol–water partition coefficient (Wildman–Crippen LogP) is 4.16. The van der Waals surface area contributed by atoms with Crippen LogP contribution in [0.1, 0.15) is 41.0 Å². The van der Waals surface area contributed by atoms with Gasteiger partial charge in [-0.25, -0.2) is 0 Å². The van der Waals surface area contributed by atoms with Crippen molar-refractivity contribution in [3.8, 4) is 0 Å². The fourth-order valence-electron chi connectivity index (χ4n) is 0.313. The van der Waals surface area contributed by atoms with Crippen LogP contribution in [-0.4, -0.2) is 4.98 Å². The molecule has 1 heteroatoms. The van der Waals surface area contributed by atoms with E-state index in [1.807, 2.05) is 32.0 Å². The molecule has 1 heterocycles. The molecule has 0 aliphatic carbocycles. The maximum atomic E-state index is 3.78. The van der Waals surface area contributed by atoms with E-state index >= 15 is 0 Å². The standard InChI is InChI=1S/C5H5N.C5H12.C2H6/c1-2-4-6-5-3-1;1-4-5(2)3;1-2/h1-5H;5H,4H2,1-3H3;1-2H3. The Labute approximate surface area is 83.2 Å². The van der Waals surface area contributed by atoms with Crippen molar-refractivity contribution in [2.24, 2.45) is 5.92 Å². The zero-order valence-electron chi connectivity index (χ0n) is 9.62. The Morgan fingerprint density at radius 1 is 1.00 bits per heavy atom. The van der Waals surface area contributed by atoms with Crippen LogP contribution in [0.4, 0.5) is 0 Å². The quantitative estimate of drug-likeness (QED) is 0.634. The lowest BCUT2D eigenvalue weighted by Gasteiger charge is -1.90. The van der Waals surface area contributed by atoms with Crippen molar-refractivity contribution in [1.82, 2.24) is 4.98 Å². The molecule has 0 spiro atoms. The first kappa shape index (κ1) is 14.7. The monoisotopic (exact) mass is 181 g/mol. The normalized spacial score (nSPS) is 7.85. The minimum absolute atomic E-state index is 0.884. The van der Waals surface area contributed by atoms with E-state index in [1.54, 1.807) is 12.4 Å². The Kier molecular flexibility index (Phi) is 15.5. The largest absolute Gasteiger partial charge is 0.265 e. The molecule has 0 aromatic carbocycles. The Balaban J connectivity index is 0. The predicted molar refractivity (Wildman–Crippen MR) is 60.7 cm³/mol. The third kappa shape index (κ3) is 18.3. The highest BCUT2D eigenvalue weighted by Crippen LogP contribution is 1.93. The first-order valence-electron chi connectivity index (χ1n) is 5.12. The molecular formula is C12H23N. The molecule has 76 valence electrons. The third-order valence-electron chi connectivity index (χ3n) is 1.38. The van der Waals surface area contributed by atoms with Crippen molar-refractivity contribution < 1.29 is 0 Å². The number of hydrogen-bond donors (Lipinski definition) is 0. The molecular weight excluding hydrogens is 158 g/mol. The van der Waals surface area contributed by atoms with Crippen LogP contribution in [0.3, 0.4) is 0 Å². The SMILES string of the molecule is CC.CCC(C)C.c1ccncc1. The molecule has 0 amide bonds. The molecule has 13 heavy (non-hydrogen) atoms. The van der Waals surface area contributed by atoms with Crippen LogP contribution in [0.25, 0.3) is 0 Å². The highest BCUT2D eigenvalue weighted by molar-refractivity contribution is 4.88. The lowest BCUT2D eigenvalue weighted by atomic mass is 10.2. The summed E-state index contributed by atoms with van der Waals surface area (Å²) in [7, 11) is 0. The van der Waals surface area contributed by atoms with Gasteiger partial charge in [0, 0.05) is 12.4 Å². The second-order valence-corrected chi connectivity index (χ2v) is 2.83. The van der Waals surface area contributed by atoms with E-state index in [1.165, 1.54) is 6.42 Å². The lowest BCUT2D eigenvalue weighted by molar-refractivity contribution is 0.626. The summed E-state index contributed by atoms with van der Waals surface area (Å²) in [6, 6.07) is 5.72. The van der Waals surface area contributed by atoms with Crippen molar-refractivity contribution in [2.45, 2.75) is 41.0 Å². The summed E-state index contributed by atoms with van der Waals surface area (Å²) in [6.07, 6.45) is 4.81. The van der Waals surface area contributed by atoms with Crippen LogP contribution in [0, 0.1) is 5.92 Å². The summed E-state index contributed by atoms with van der Waals surface area (Å²) in [5.74, 6) is 0.884. The van der Waals surface area contributed by atoms with E-state index in [0.29, 0.717) is 0 Å². The molecule has 1 rings (SSSR count). The molecule has 0 aliphatic heterocycles. The molecule has 0 fully saturated rings. The molecule has 1 aromatic rings. The second kappa shape index (κ2) is 13.7. The zero-order valence-corrected chi connectivity index (χ0v) is 9.62. The van der Waals surface area contributed by atoms with Gasteiger partial charge in [0.1, 0.15) is 0 Å². The number of rotatable bonds is 1. The summed E-state index contributed by atoms with van der Waals surface area (Å²) in [5, 5.41) is 0. The highest BCUT2D eigenvalue weighted by Gasteiger charge is 1.80. The number of nitrogens with zero attached hydrogens (tertiary/aromatic N) is 1.